The number of pyridine rings is 1. The SMILES string of the molecule is CC(C)Cc1ccc(-c2cc(C(=O)NN)c3ccccc3n2)cc1. The maximum Gasteiger partial charge on any atom is 0.265 e. The normalized spacial score (nSPS) is 11.0. The highest BCUT2D eigenvalue weighted by Crippen LogP contribution is 2.25. The van der Waals surface area contributed by atoms with Crippen LogP contribution in [-0.2, 0) is 6.42 Å². The van der Waals surface area contributed by atoms with Crippen molar-refractivity contribution in [1.29, 1.82) is 0 Å². The van der Waals surface area contributed by atoms with Gasteiger partial charge in [0, 0.05) is 10.9 Å². The van der Waals surface area contributed by atoms with E-state index in [0.29, 0.717) is 11.5 Å². The van der Waals surface area contributed by atoms with E-state index in [4.69, 9.17) is 10.8 Å². The van der Waals surface area contributed by atoms with Gasteiger partial charge in [0.15, 0.2) is 0 Å². The number of amides is 1. The maximum absolute atomic E-state index is 12.1. The van der Waals surface area contributed by atoms with Crippen LogP contribution in [0.3, 0.4) is 0 Å². The van der Waals surface area contributed by atoms with Gasteiger partial charge in [-0.1, -0.05) is 56.3 Å². The third kappa shape index (κ3) is 3.29. The average molecular weight is 319 g/mol. The maximum atomic E-state index is 12.1. The van der Waals surface area contributed by atoms with E-state index >= 15 is 0 Å². The van der Waals surface area contributed by atoms with E-state index in [1.165, 1.54) is 5.56 Å². The third-order valence-corrected chi connectivity index (χ3v) is 3.99. The summed E-state index contributed by atoms with van der Waals surface area (Å²) in [6.07, 6.45) is 1.05. The molecule has 3 N–H and O–H groups in total. The summed E-state index contributed by atoms with van der Waals surface area (Å²) in [6, 6.07) is 17.7. The first kappa shape index (κ1) is 16.1. The lowest BCUT2D eigenvalue weighted by atomic mass is 9.99. The Hall–Kier alpha value is -2.72. The molecule has 0 aliphatic heterocycles. The van der Waals surface area contributed by atoms with E-state index in [2.05, 4.69) is 43.5 Å². The number of nitrogens with zero attached hydrogens (tertiary/aromatic N) is 1. The quantitative estimate of drug-likeness (QED) is 0.438. The van der Waals surface area contributed by atoms with Gasteiger partial charge in [0.2, 0.25) is 0 Å². The van der Waals surface area contributed by atoms with Crippen LogP contribution in [0.25, 0.3) is 22.2 Å². The molecule has 0 aliphatic rings. The Morgan fingerprint density at radius 3 is 2.50 bits per heavy atom. The molecule has 4 heteroatoms. The molecule has 0 atom stereocenters. The van der Waals surface area contributed by atoms with Gasteiger partial charge in [0.25, 0.3) is 5.91 Å². The van der Waals surface area contributed by atoms with Crippen LogP contribution in [0.15, 0.2) is 54.6 Å². The van der Waals surface area contributed by atoms with Crippen LogP contribution >= 0.6 is 0 Å². The molecule has 2 aromatic carbocycles. The summed E-state index contributed by atoms with van der Waals surface area (Å²) in [6.45, 7) is 4.41. The van der Waals surface area contributed by atoms with Gasteiger partial charge in [0.1, 0.15) is 0 Å². The fourth-order valence-corrected chi connectivity index (χ4v) is 2.87. The predicted molar refractivity (Wildman–Crippen MR) is 97.4 cm³/mol. The number of nitrogens with two attached hydrogens (primary N) is 1. The highest BCUT2D eigenvalue weighted by Gasteiger charge is 2.13. The molecule has 4 nitrogen and oxygen atoms in total. The summed E-state index contributed by atoms with van der Waals surface area (Å²) in [7, 11) is 0. The lowest BCUT2D eigenvalue weighted by Gasteiger charge is -2.10. The molecule has 0 fully saturated rings. The number of rotatable bonds is 4. The zero-order chi connectivity index (χ0) is 17.1. The summed E-state index contributed by atoms with van der Waals surface area (Å²) in [4.78, 5) is 16.8. The molecule has 0 radical (unpaired) electrons. The number of hydrogen-bond acceptors (Lipinski definition) is 3. The van der Waals surface area contributed by atoms with Gasteiger partial charge >= 0.3 is 0 Å². The number of hydrogen-bond donors (Lipinski definition) is 2. The first-order valence-corrected chi connectivity index (χ1v) is 8.08. The number of carbonyl (C=O) groups excluding carboxylic acids is 1. The van der Waals surface area contributed by atoms with E-state index < -0.39 is 0 Å². The molecular weight excluding hydrogens is 298 g/mol. The molecule has 0 spiro atoms. The van der Waals surface area contributed by atoms with Gasteiger partial charge in [0.05, 0.1) is 16.8 Å². The summed E-state index contributed by atoms with van der Waals surface area (Å²) in [5.41, 5.74) is 6.58. The summed E-state index contributed by atoms with van der Waals surface area (Å²) >= 11 is 0. The van der Waals surface area contributed by atoms with Gasteiger partial charge < -0.3 is 0 Å². The van der Waals surface area contributed by atoms with Crippen LogP contribution in [0.1, 0.15) is 29.8 Å². The van der Waals surface area contributed by atoms with Crippen molar-refractivity contribution in [3.05, 3.63) is 65.7 Å². The Morgan fingerprint density at radius 1 is 1.12 bits per heavy atom. The highest BCUT2D eigenvalue weighted by molar-refractivity contribution is 6.06. The number of nitrogens with one attached hydrogen (secondary N) is 1. The van der Waals surface area contributed by atoms with Crippen LogP contribution in [0, 0.1) is 5.92 Å². The molecule has 3 rings (SSSR count). The van der Waals surface area contributed by atoms with Crippen molar-refractivity contribution in [1.82, 2.24) is 10.4 Å². The molecule has 0 bridgehead atoms. The fraction of sp³-hybridized carbons (Fsp3) is 0.200. The molecule has 3 aromatic rings. The van der Waals surface area contributed by atoms with Crippen LogP contribution < -0.4 is 11.3 Å². The van der Waals surface area contributed by atoms with Gasteiger partial charge in [-0.15, -0.1) is 0 Å². The summed E-state index contributed by atoms with van der Waals surface area (Å²) in [5.74, 6) is 5.64. The minimum atomic E-state index is -0.314. The summed E-state index contributed by atoms with van der Waals surface area (Å²) < 4.78 is 0. The smallest absolute Gasteiger partial charge is 0.265 e. The number of benzene rings is 2. The zero-order valence-electron chi connectivity index (χ0n) is 13.9. The van der Waals surface area contributed by atoms with Crippen molar-refractivity contribution >= 4 is 16.8 Å². The molecule has 0 saturated heterocycles. The van der Waals surface area contributed by atoms with Crippen LogP contribution in [0.5, 0.6) is 0 Å². The molecule has 0 aliphatic carbocycles. The second-order valence-corrected chi connectivity index (χ2v) is 6.34. The largest absolute Gasteiger partial charge is 0.290 e. The molecule has 0 unspecified atom stereocenters. The lowest BCUT2D eigenvalue weighted by molar-refractivity contribution is 0.0955. The zero-order valence-corrected chi connectivity index (χ0v) is 13.9. The standard InChI is InChI=1S/C20H21N3O/c1-13(2)11-14-7-9-15(10-8-14)19-12-17(20(24)23-21)16-5-3-4-6-18(16)22-19/h3-10,12-13H,11,21H2,1-2H3,(H,23,24). The van der Waals surface area contributed by atoms with E-state index in [1.807, 2.05) is 24.3 Å². The van der Waals surface area contributed by atoms with Crippen molar-refractivity contribution in [3.63, 3.8) is 0 Å². The Kier molecular flexibility index (Phi) is 4.58. The second kappa shape index (κ2) is 6.81. The monoisotopic (exact) mass is 319 g/mol. The van der Waals surface area contributed by atoms with E-state index in [-0.39, 0.29) is 5.91 Å². The Balaban J connectivity index is 2.07. The topological polar surface area (TPSA) is 68.0 Å². The lowest BCUT2D eigenvalue weighted by Crippen LogP contribution is -2.30. The fourth-order valence-electron chi connectivity index (χ4n) is 2.87. The first-order valence-electron chi connectivity index (χ1n) is 8.08. The minimum Gasteiger partial charge on any atom is -0.290 e. The van der Waals surface area contributed by atoms with Crippen molar-refractivity contribution < 1.29 is 4.79 Å². The van der Waals surface area contributed by atoms with Crippen molar-refractivity contribution in [2.45, 2.75) is 20.3 Å². The number of para-hydroxylation sites is 1. The average Bonchev–Trinajstić information content (AvgIpc) is 2.60. The molecule has 1 heterocycles. The van der Waals surface area contributed by atoms with Crippen molar-refractivity contribution in [2.24, 2.45) is 11.8 Å². The highest BCUT2D eigenvalue weighted by atomic mass is 16.2. The van der Waals surface area contributed by atoms with Gasteiger partial charge in [-0.2, -0.15) is 0 Å². The second-order valence-electron chi connectivity index (χ2n) is 6.34. The number of aromatic nitrogens is 1. The van der Waals surface area contributed by atoms with Gasteiger partial charge in [-0.05, 0) is 30.0 Å². The molecular formula is C20H21N3O. The molecule has 1 aromatic heterocycles. The molecule has 24 heavy (non-hydrogen) atoms. The van der Waals surface area contributed by atoms with Gasteiger partial charge in [-0.25, -0.2) is 10.8 Å². The minimum absolute atomic E-state index is 0.314. The molecule has 122 valence electrons. The van der Waals surface area contributed by atoms with E-state index in [1.54, 1.807) is 6.07 Å². The van der Waals surface area contributed by atoms with Crippen molar-refractivity contribution in [3.8, 4) is 11.3 Å². The van der Waals surface area contributed by atoms with Crippen LogP contribution in [0.4, 0.5) is 0 Å². The third-order valence-electron chi connectivity index (χ3n) is 3.99. The predicted octanol–water partition coefficient (Wildman–Crippen LogP) is 3.70. The van der Waals surface area contributed by atoms with Crippen molar-refractivity contribution in [2.75, 3.05) is 0 Å². The van der Waals surface area contributed by atoms with Crippen LogP contribution in [0.2, 0.25) is 0 Å². The Labute approximate surface area is 141 Å². The van der Waals surface area contributed by atoms with E-state index in [0.717, 1.165) is 28.6 Å². The number of hydrazine groups is 1. The summed E-state index contributed by atoms with van der Waals surface area (Å²) in [5, 5.41) is 0.792. The van der Waals surface area contributed by atoms with Crippen LogP contribution in [-0.4, -0.2) is 10.9 Å². The number of carbonyl (C=O) groups is 1. The first-order chi connectivity index (χ1) is 11.6. The Bertz CT molecular complexity index is 870. The van der Waals surface area contributed by atoms with Gasteiger partial charge in [-0.3, -0.25) is 10.2 Å². The molecule has 1 amide bonds. The Morgan fingerprint density at radius 2 is 1.83 bits per heavy atom. The van der Waals surface area contributed by atoms with E-state index in [9.17, 15) is 4.79 Å². The number of fused-ring (bicyclic) bond motifs is 1. The number of nitrogen functional groups attached to an aromatic ring is 1. The molecule has 0 saturated carbocycles.